The lowest BCUT2D eigenvalue weighted by Crippen LogP contribution is -2.37. The Morgan fingerprint density at radius 2 is 1.97 bits per heavy atom. The summed E-state index contributed by atoms with van der Waals surface area (Å²) in [6.07, 6.45) is -0.0333. The minimum atomic E-state index is -0.378. The van der Waals surface area contributed by atoms with E-state index in [1.165, 1.54) is 4.57 Å². The maximum atomic E-state index is 13.2. The zero-order chi connectivity index (χ0) is 23.4. The maximum Gasteiger partial charge on any atom is 0.409 e. The molecule has 1 fully saturated rings. The molecule has 2 heterocycles. The largest absolute Gasteiger partial charge is 0.450 e. The smallest absolute Gasteiger partial charge is 0.409 e. The molecule has 3 rings (SSSR count). The molecule has 1 unspecified atom stereocenters. The molecule has 0 radical (unpaired) electrons. The molecule has 1 aliphatic rings. The molecule has 32 heavy (non-hydrogen) atoms. The van der Waals surface area contributed by atoms with Crippen molar-refractivity contribution in [3.05, 3.63) is 44.3 Å². The van der Waals surface area contributed by atoms with E-state index in [1.54, 1.807) is 37.1 Å². The highest BCUT2D eigenvalue weighted by molar-refractivity contribution is 6.36. The lowest BCUT2D eigenvalue weighted by molar-refractivity contribution is 0.0596. The van der Waals surface area contributed by atoms with Crippen LogP contribution in [0.1, 0.15) is 26.5 Å². The minimum Gasteiger partial charge on any atom is -0.450 e. The summed E-state index contributed by atoms with van der Waals surface area (Å²) in [6, 6.07) is 4.74. The molecule has 0 spiro atoms. The monoisotopic (exact) mass is 482 g/mol. The third-order valence-electron chi connectivity index (χ3n) is 5.38. The van der Waals surface area contributed by atoms with E-state index in [2.05, 4.69) is 10.3 Å². The van der Waals surface area contributed by atoms with Gasteiger partial charge in [0, 0.05) is 30.8 Å². The van der Waals surface area contributed by atoms with E-state index >= 15 is 0 Å². The number of hydrogen-bond acceptors (Lipinski definition) is 6. The Hall–Kier alpha value is -2.29. The number of rotatable bonds is 7. The summed E-state index contributed by atoms with van der Waals surface area (Å²) in [5, 5.41) is 4.25. The van der Waals surface area contributed by atoms with Crippen LogP contribution in [0.25, 0.3) is 11.3 Å². The quantitative estimate of drug-likeness (QED) is 0.642. The van der Waals surface area contributed by atoms with Crippen LogP contribution in [0.4, 0.5) is 10.6 Å². The van der Waals surface area contributed by atoms with Crippen LogP contribution >= 0.6 is 23.2 Å². The fraction of sp³-hybridized carbons (Fsp3) is 0.500. The van der Waals surface area contributed by atoms with Crippen molar-refractivity contribution in [1.82, 2.24) is 14.5 Å². The second-order valence-electron chi connectivity index (χ2n) is 7.45. The van der Waals surface area contributed by atoms with Gasteiger partial charge in [0.25, 0.3) is 5.56 Å². The molecule has 1 aromatic heterocycles. The lowest BCUT2D eigenvalue weighted by Gasteiger charge is -2.24. The van der Waals surface area contributed by atoms with E-state index in [4.69, 9.17) is 32.7 Å². The fourth-order valence-corrected chi connectivity index (χ4v) is 4.31. The Morgan fingerprint density at radius 1 is 1.22 bits per heavy atom. The number of halogens is 2. The predicted octanol–water partition coefficient (Wildman–Crippen LogP) is 3.97. The lowest BCUT2D eigenvalue weighted by atomic mass is 10.1. The molecule has 1 saturated heterocycles. The van der Waals surface area contributed by atoms with Gasteiger partial charge < -0.3 is 19.7 Å². The van der Waals surface area contributed by atoms with Crippen molar-refractivity contribution in [2.45, 2.75) is 39.3 Å². The molecule has 1 amide bonds. The Kier molecular flexibility index (Phi) is 8.03. The first-order chi connectivity index (χ1) is 15.3. The van der Waals surface area contributed by atoms with E-state index in [0.717, 1.165) is 0 Å². The van der Waals surface area contributed by atoms with E-state index < -0.39 is 0 Å². The van der Waals surface area contributed by atoms with Crippen LogP contribution in [0.2, 0.25) is 10.0 Å². The summed E-state index contributed by atoms with van der Waals surface area (Å²) >= 11 is 12.3. The summed E-state index contributed by atoms with van der Waals surface area (Å²) in [4.78, 5) is 31.7. The second-order valence-corrected chi connectivity index (χ2v) is 8.29. The number of ether oxygens (including phenoxy) is 2. The molecule has 174 valence electrons. The van der Waals surface area contributed by atoms with Gasteiger partial charge in [-0.3, -0.25) is 9.36 Å². The maximum absolute atomic E-state index is 13.2. The first-order valence-electron chi connectivity index (χ1n) is 10.7. The van der Waals surface area contributed by atoms with Crippen LogP contribution in [0.5, 0.6) is 0 Å². The van der Waals surface area contributed by atoms with Gasteiger partial charge >= 0.3 is 6.09 Å². The molecule has 0 saturated carbocycles. The van der Waals surface area contributed by atoms with Gasteiger partial charge in [-0.15, -0.1) is 0 Å². The van der Waals surface area contributed by atoms with E-state index in [-0.39, 0.29) is 29.5 Å². The minimum absolute atomic E-state index is 0.220. The second kappa shape index (κ2) is 10.6. The topological polar surface area (TPSA) is 85.7 Å². The van der Waals surface area contributed by atoms with Gasteiger partial charge in [0.15, 0.2) is 0 Å². The highest BCUT2D eigenvalue weighted by atomic mass is 35.5. The normalized spacial score (nSPS) is 18.1. The number of carbonyl (C=O) groups excluding carboxylic acids is 1. The third kappa shape index (κ3) is 5.03. The summed E-state index contributed by atoms with van der Waals surface area (Å²) in [5.41, 5.74) is 1.21. The number of aromatic nitrogens is 2. The molecule has 0 bridgehead atoms. The molecule has 1 aliphatic heterocycles. The third-order valence-corrected chi connectivity index (χ3v) is 5.93. The Balaban J connectivity index is 1.96. The first kappa shape index (κ1) is 24.4. The molecule has 0 aliphatic carbocycles. The van der Waals surface area contributed by atoms with Crippen molar-refractivity contribution in [2.75, 3.05) is 31.6 Å². The Labute approximate surface area is 197 Å². The number of nitrogens with one attached hydrogen (secondary N) is 1. The molecule has 8 nitrogen and oxygen atoms in total. The molecule has 10 heteroatoms. The summed E-state index contributed by atoms with van der Waals surface area (Å²) in [6.45, 7) is 7.25. The van der Waals surface area contributed by atoms with Gasteiger partial charge in [-0.1, -0.05) is 30.1 Å². The van der Waals surface area contributed by atoms with Crippen LogP contribution in [-0.2, 0) is 22.9 Å². The number of amides is 1. The molecule has 1 aromatic carbocycles. The van der Waals surface area contributed by atoms with Crippen LogP contribution in [0.15, 0.2) is 23.0 Å². The van der Waals surface area contributed by atoms with Crippen LogP contribution < -0.4 is 10.9 Å². The summed E-state index contributed by atoms with van der Waals surface area (Å²) < 4.78 is 12.5. The van der Waals surface area contributed by atoms with E-state index in [1.807, 2.05) is 13.8 Å². The van der Waals surface area contributed by atoms with Gasteiger partial charge in [0.1, 0.15) is 11.5 Å². The van der Waals surface area contributed by atoms with Crippen molar-refractivity contribution in [1.29, 1.82) is 0 Å². The highest BCUT2D eigenvalue weighted by Gasteiger charge is 2.37. The van der Waals surface area contributed by atoms with Crippen molar-refractivity contribution in [2.24, 2.45) is 7.05 Å². The Bertz CT molecular complexity index is 1040. The average Bonchev–Trinajstić information content (AvgIpc) is 3.15. The molecular weight excluding hydrogens is 455 g/mol. The van der Waals surface area contributed by atoms with Crippen molar-refractivity contribution in [3.63, 3.8) is 0 Å². The highest BCUT2D eigenvalue weighted by Crippen LogP contribution is 2.29. The van der Waals surface area contributed by atoms with Gasteiger partial charge in [-0.05, 0) is 38.5 Å². The standard InChI is InChI=1S/C22H28Cl2N4O4/c1-5-16-20(26-17-11-28(22(30)32-7-3)12-18(17)31-6-2)27(4)21(29)19(25-16)14-9-8-13(23)10-15(14)24/h8-10,17-18,26H,5-7,11-12H2,1-4H3/t17?,18-/m0/s1. The summed E-state index contributed by atoms with van der Waals surface area (Å²) in [7, 11) is 1.69. The van der Waals surface area contributed by atoms with Crippen molar-refractivity contribution in [3.8, 4) is 11.3 Å². The van der Waals surface area contributed by atoms with Crippen molar-refractivity contribution < 1.29 is 14.3 Å². The first-order valence-corrected chi connectivity index (χ1v) is 11.4. The number of hydrogen-bond donors (Lipinski definition) is 1. The number of aryl methyl sites for hydroxylation is 1. The SMILES string of the molecule is CCOC(=O)N1CC(Nc2c(CC)nc(-c3ccc(Cl)cc3Cl)c(=O)n2C)[C@@H](OCC)C1. The van der Waals surface area contributed by atoms with Gasteiger partial charge in [-0.2, -0.15) is 0 Å². The van der Waals surface area contributed by atoms with Gasteiger partial charge in [0.05, 0.1) is 36.0 Å². The van der Waals surface area contributed by atoms with Crippen LogP contribution in [-0.4, -0.2) is 59.0 Å². The van der Waals surface area contributed by atoms with Crippen molar-refractivity contribution >= 4 is 35.1 Å². The van der Waals surface area contributed by atoms with Crippen LogP contribution in [0.3, 0.4) is 0 Å². The predicted molar refractivity (Wildman–Crippen MR) is 126 cm³/mol. The van der Waals surface area contributed by atoms with Gasteiger partial charge in [0.2, 0.25) is 0 Å². The van der Waals surface area contributed by atoms with E-state index in [0.29, 0.717) is 59.8 Å². The zero-order valence-electron chi connectivity index (χ0n) is 18.7. The molecule has 2 atom stereocenters. The van der Waals surface area contributed by atoms with Gasteiger partial charge in [-0.25, -0.2) is 9.78 Å². The number of anilines is 1. The number of likely N-dealkylation sites (tertiary alicyclic amines) is 1. The molecule has 1 N–H and O–H groups in total. The Morgan fingerprint density at radius 3 is 2.59 bits per heavy atom. The number of benzene rings is 1. The average molecular weight is 483 g/mol. The molecule has 2 aromatic rings. The summed E-state index contributed by atoms with van der Waals surface area (Å²) in [5.74, 6) is 0.590. The number of nitrogens with zero attached hydrogens (tertiary/aromatic N) is 3. The zero-order valence-corrected chi connectivity index (χ0v) is 20.2. The molecular formula is C22H28Cl2N4O4. The van der Waals surface area contributed by atoms with Crippen LogP contribution in [0, 0.1) is 0 Å². The fourth-order valence-electron chi connectivity index (χ4n) is 3.81. The van der Waals surface area contributed by atoms with E-state index in [9.17, 15) is 9.59 Å². The number of carbonyl (C=O) groups is 1.